The second kappa shape index (κ2) is 16.7. The molecule has 2 bridgehead atoms. The molecular weight excluding hydrogens is 853 g/mol. The maximum Gasteiger partial charge on any atom is 0.408 e. The second-order valence-electron chi connectivity index (χ2n) is 19.2. The van der Waals surface area contributed by atoms with E-state index in [1.54, 1.807) is 26.8 Å². The molecule has 3 aliphatic carbocycles. The van der Waals surface area contributed by atoms with E-state index in [0.717, 1.165) is 10.5 Å². The highest BCUT2D eigenvalue weighted by molar-refractivity contribution is 7.91. The zero-order valence-corrected chi connectivity index (χ0v) is 37.1. The van der Waals surface area contributed by atoms with Gasteiger partial charge in [0.05, 0.1) is 29.4 Å². The van der Waals surface area contributed by atoms with Crippen molar-refractivity contribution in [3.63, 3.8) is 0 Å². The van der Waals surface area contributed by atoms with Gasteiger partial charge in [-0.1, -0.05) is 46.3 Å². The van der Waals surface area contributed by atoms with Gasteiger partial charge >= 0.3 is 6.09 Å². The molecule has 3 saturated carbocycles. The number of alkyl carbamates (subject to hydrolysis) is 1. The van der Waals surface area contributed by atoms with Crippen molar-refractivity contribution in [2.45, 2.75) is 146 Å². The molecule has 1 saturated heterocycles. The van der Waals surface area contributed by atoms with Gasteiger partial charge in [-0.15, -0.1) is 0 Å². The van der Waals surface area contributed by atoms with Crippen LogP contribution < -0.4 is 24.8 Å². The van der Waals surface area contributed by atoms with Gasteiger partial charge in [-0.3, -0.25) is 19.1 Å². The van der Waals surface area contributed by atoms with E-state index in [1.165, 1.54) is 26.2 Å². The van der Waals surface area contributed by atoms with Crippen molar-refractivity contribution in [3.05, 3.63) is 36.0 Å². The second-order valence-corrected chi connectivity index (χ2v) is 21.4. The SMILES string of the molecule is C=C1[C@H]2CCCCC(F)(F)c3nc4ccc(OC)cc4nc3O[C@@H]3C[C@@H](C(=O)N[C@]4(C(=O)NS(=O)(=O)C5(C)CC5)C[C@H]4CC(F)F)N(C3)C(=O)[C@H](C(C)(C)C)NC(=O)O[C@@H]2C[C@@H]1C. The first-order valence-corrected chi connectivity index (χ1v) is 22.9. The van der Waals surface area contributed by atoms with Crippen LogP contribution in [-0.2, 0) is 35.1 Å². The highest BCUT2D eigenvalue weighted by Gasteiger charge is 2.64. The summed E-state index contributed by atoms with van der Waals surface area (Å²) in [5.41, 5.74) is -2.75. The number of nitrogens with zero attached hydrogens (tertiary/aromatic N) is 3. The summed E-state index contributed by atoms with van der Waals surface area (Å²) in [5, 5.41) is 5.23. The van der Waals surface area contributed by atoms with Crippen LogP contribution in [0.5, 0.6) is 11.6 Å². The fraction of sp³-hybridized carbons (Fsp3) is 0.674. The maximum absolute atomic E-state index is 16.5. The van der Waals surface area contributed by atoms with Crippen molar-refractivity contribution >= 4 is 44.9 Å². The average molecular weight is 909 g/mol. The topological polar surface area (TPSA) is 195 Å². The summed E-state index contributed by atoms with van der Waals surface area (Å²) in [6.07, 6.45) is -6.11. The molecule has 20 heteroatoms. The lowest BCUT2D eigenvalue weighted by atomic mass is 9.85. The zero-order chi connectivity index (χ0) is 46.0. The third kappa shape index (κ3) is 9.28. The van der Waals surface area contributed by atoms with Crippen LogP contribution in [0.4, 0.5) is 22.4 Å². The number of hydrogen-bond acceptors (Lipinski definition) is 11. The standard InChI is InChI=1S/C43H56F4N6O9S/c1-22-16-31-27(23(22)2)10-8-9-13-43(46,47)33-36(49-29-18-25(60-7)11-12-28(29)48-33)61-26-19-30(53(21-26)37(55)34(40(3,4)5)50-39(57)62-31)35(54)51-42(20-24(42)17-32(44)45)38(56)52-63(58,59)41(6)14-15-41/h11-12,18,22,24,26-27,30-32,34H,2,8-10,13-17,19-21H2,1,3-7H3,(H,50,57)(H,51,54)(H,52,56)/t22-,24+,26+,27+,30-,31+,34+,42+/m0/s1. The van der Waals surface area contributed by atoms with E-state index in [-0.39, 0.29) is 55.0 Å². The molecule has 63 heavy (non-hydrogen) atoms. The minimum atomic E-state index is -4.26. The number of carbonyl (C=O) groups is 4. The molecule has 7 rings (SSSR count). The Labute approximate surface area is 363 Å². The molecule has 15 nitrogen and oxygen atoms in total. The van der Waals surface area contributed by atoms with Gasteiger partial charge in [-0.05, 0) is 74.8 Å². The van der Waals surface area contributed by atoms with Gasteiger partial charge in [-0.2, -0.15) is 8.78 Å². The Morgan fingerprint density at radius 1 is 1.08 bits per heavy atom. The van der Waals surface area contributed by atoms with Crippen LogP contribution in [0.3, 0.4) is 0 Å². The molecule has 3 N–H and O–H groups in total. The average Bonchev–Trinajstić information content (AvgIpc) is 4.04. The van der Waals surface area contributed by atoms with Crippen LogP contribution in [0.15, 0.2) is 30.4 Å². The first kappa shape index (κ1) is 46.2. The van der Waals surface area contributed by atoms with Gasteiger partial charge in [0.1, 0.15) is 35.6 Å². The molecule has 346 valence electrons. The van der Waals surface area contributed by atoms with E-state index in [1.807, 2.05) is 11.6 Å². The highest BCUT2D eigenvalue weighted by Crippen LogP contribution is 2.50. The first-order chi connectivity index (χ1) is 29.4. The number of aromatic nitrogens is 2. The number of halogens is 4. The molecule has 0 unspecified atom stereocenters. The van der Waals surface area contributed by atoms with Gasteiger partial charge in [0.2, 0.25) is 34.1 Å². The van der Waals surface area contributed by atoms with Crippen molar-refractivity contribution in [2.24, 2.45) is 23.2 Å². The lowest BCUT2D eigenvalue weighted by Gasteiger charge is -2.35. The number of benzene rings is 1. The van der Waals surface area contributed by atoms with Crippen LogP contribution in [0.1, 0.15) is 105 Å². The number of hydrogen-bond donors (Lipinski definition) is 3. The van der Waals surface area contributed by atoms with E-state index in [9.17, 15) is 36.4 Å². The molecule has 0 radical (unpaired) electrons. The molecule has 5 aliphatic rings. The van der Waals surface area contributed by atoms with Gasteiger partial charge < -0.3 is 29.7 Å². The summed E-state index contributed by atoms with van der Waals surface area (Å²) in [4.78, 5) is 66.7. The highest BCUT2D eigenvalue weighted by atomic mass is 32.2. The van der Waals surface area contributed by atoms with E-state index in [4.69, 9.17) is 14.2 Å². The maximum atomic E-state index is 16.5. The Morgan fingerprint density at radius 2 is 1.79 bits per heavy atom. The van der Waals surface area contributed by atoms with Gasteiger partial charge in [0.25, 0.3) is 11.8 Å². The number of rotatable bonds is 8. The molecule has 4 fully saturated rings. The molecule has 1 aromatic carbocycles. The molecule has 8 atom stereocenters. The Bertz CT molecular complexity index is 2290. The number of methoxy groups -OCH3 is 1. The normalized spacial score (nSPS) is 30.8. The minimum absolute atomic E-state index is 0.0376. The number of nitrogens with one attached hydrogen (secondary N) is 3. The Kier molecular flexibility index (Phi) is 12.2. The van der Waals surface area contributed by atoms with Gasteiger partial charge in [0.15, 0.2) is 5.69 Å². The monoisotopic (exact) mass is 908 g/mol. The summed E-state index contributed by atoms with van der Waals surface area (Å²) < 4.78 is 105. The molecule has 1 aromatic heterocycles. The summed E-state index contributed by atoms with van der Waals surface area (Å²) in [6, 6.07) is 1.63. The predicted molar refractivity (Wildman–Crippen MR) is 220 cm³/mol. The number of amides is 4. The summed E-state index contributed by atoms with van der Waals surface area (Å²) in [7, 11) is -2.84. The molecule has 2 aliphatic heterocycles. The summed E-state index contributed by atoms with van der Waals surface area (Å²) in [6.45, 7) is 12.2. The molecule has 2 aromatic rings. The first-order valence-electron chi connectivity index (χ1n) is 21.4. The number of fused-ring (bicyclic) bond motifs is 5. The Morgan fingerprint density at radius 3 is 2.44 bits per heavy atom. The van der Waals surface area contributed by atoms with Gasteiger partial charge in [-0.25, -0.2) is 32.0 Å². The van der Waals surface area contributed by atoms with E-state index >= 15 is 8.78 Å². The third-order valence-electron chi connectivity index (χ3n) is 13.5. The smallest absolute Gasteiger partial charge is 0.408 e. The fourth-order valence-electron chi connectivity index (χ4n) is 9.10. The summed E-state index contributed by atoms with van der Waals surface area (Å²) >= 11 is 0. The van der Waals surface area contributed by atoms with Crippen LogP contribution in [-0.4, -0.2) is 102 Å². The van der Waals surface area contributed by atoms with Crippen molar-refractivity contribution in [3.8, 4) is 11.6 Å². The fourth-order valence-corrected chi connectivity index (χ4v) is 10.4. The quantitative estimate of drug-likeness (QED) is 0.211. The Hall–Kier alpha value is -4.75. The lowest BCUT2D eigenvalue weighted by Crippen LogP contribution is -2.60. The molecule has 0 spiro atoms. The summed E-state index contributed by atoms with van der Waals surface area (Å²) in [5.74, 6) is -8.31. The van der Waals surface area contributed by atoms with Crippen LogP contribution in [0.25, 0.3) is 11.0 Å². The van der Waals surface area contributed by atoms with Gasteiger partial charge in [0, 0.05) is 31.2 Å². The van der Waals surface area contributed by atoms with Crippen molar-refractivity contribution in [1.29, 1.82) is 0 Å². The van der Waals surface area contributed by atoms with E-state index < -0.39 is 123 Å². The number of carbonyl (C=O) groups excluding carboxylic acids is 4. The lowest BCUT2D eigenvalue weighted by molar-refractivity contribution is -0.143. The Balaban J connectivity index is 1.28. The third-order valence-corrected chi connectivity index (χ3v) is 15.7. The van der Waals surface area contributed by atoms with Crippen molar-refractivity contribution in [1.82, 2.24) is 30.2 Å². The number of alkyl halides is 4. The minimum Gasteiger partial charge on any atom is -0.497 e. The molecule has 4 amide bonds. The van der Waals surface area contributed by atoms with Crippen LogP contribution in [0.2, 0.25) is 0 Å². The predicted octanol–water partition coefficient (Wildman–Crippen LogP) is 5.90. The zero-order valence-electron chi connectivity index (χ0n) is 36.3. The number of sulfonamides is 1. The molecular formula is C43H56F4N6O9S. The number of ether oxygens (including phenoxy) is 3. The van der Waals surface area contributed by atoms with E-state index in [2.05, 4.69) is 27.2 Å². The van der Waals surface area contributed by atoms with E-state index in [0.29, 0.717) is 25.0 Å². The van der Waals surface area contributed by atoms with Crippen molar-refractivity contribution < 1.29 is 59.4 Å². The molecule has 3 heterocycles. The van der Waals surface area contributed by atoms with Crippen molar-refractivity contribution in [2.75, 3.05) is 13.7 Å². The van der Waals surface area contributed by atoms with Crippen LogP contribution in [0, 0.1) is 23.2 Å². The largest absolute Gasteiger partial charge is 0.497 e. The van der Waals surface area contributed by atoms with Crippen LogP contribution >= 0.6 is 0 Å².